The summed E-state index contributed by atoms with van der Waals surface area (Å²) in [5, 5.41) is 0. The molecule has 0 aromatic heterocycles. The van der Waals surface area contributed by atoms with Crippen LogP contribution in [-0.4, -0.2) is 23.9 Å². The molecule has 0 fully saturated rings. The van der Waals surface area contributed by atoms with Crippen molar-refractivity contribution in [3.8, 4) is 0 Å². The molecule has 3 rings (SSSR count). The first-order valence-corrected chi connectivity index (χ1v) is 4.82. The van der Waals surface area contributed by atoms with Crippen LogP contribution in [0.3, 0.4) is 0 Å². The van der Waals surface area contributed by atoms with Crippen molar-refractivity contribution in [3.05, 3.63) is 54.0 Å². The molecule has 2 radical (unpaired) electrons. The summed E-state index contributed by atoms with van der Waals surface area (Å²) >= 11 is 0. The van der Waals surface area contributed by atoms with Crippen molar-refractivity contribution in [2.45, 2.75) is 5.92 Å². The molecule has 0 saturated carbocycles. The quantitative estimate of drug-likeness (QED) is 0.657. The van der Waals surface area contributed by atoms with Crippen LogP contribution < -0.4 is 0 Å². The molecule has 2 aliphatic rings. The molecule has 0 N–H and O–H groups in total. The summed E-state index contributed by atoms with van der Waals surface area (Å²) in [5.41, 5.74) is 4.19. The van der Waals surface area contributed by atoms with Gasteiger partial charge in [-0.3, -0.25) is 0 Å². The zero-order chi connectivity index (χ0) is 9.71. The third-order valence-electron chi connectivity index (χ3n) is 2.88. The lowest BCUT2D eigenvalue weighted by molar-refractivity contribution is 0.365. The molecule has 14 heavy (non-hydrogen) atoms. The van der Waals surface area contributed by atoms with E-state index in [0.717, 1.165) is 0 Å². The summed E-state index contributed by atoms with van der Waals surface area (Å²) in [6, 6.07) is 10.6. The van der Waals surface area contributed by atoms with E-state index < -0.39 is 0 Å². The first kappa shape index (κ1) is 7.92. The zero-order valence-electron chi connectivity index (χ0n) is 8.36. The van der Waals surface area contributed by atoms with Gasteiger partial charge in [-0.25, -0.2) is 0 Å². The largest absolute Gasteiger partial charge is 0.345 e. The van der Waals surface area contributed by atoms with Crippen LogP contribution in [-0.2, 0) is 0 Å². The molecule has 0 spiro atoms. The average molecular weight is 184 g/mol. The highest BCUT2D eigenvalue weighted by atomic mass is 15.4. The summed E-state index contributed by atoms with van der Waals surface area (Å²) in [7, 11) is 4.11. The van der Waals surface area contributed by atoms with E-state index in [1.807, 2.05) is 0 Å². The molecule has 0 atom stereocenters. The van der Waals surface area contributed by atoms with Gasteiger partial charge in [0.2, 0.25) is 6.67 Å². The Labute approximate surface area is 84.4 Å². The first-order valence-electron chi connectivity index (χ1n) is 4.82. The van der Waals surface area contributed by atoms with Crippen LogP contribution in [0, 0.1) is 6.67 Å². The van der Waals surface area contributed by atoms with E-state index in [2.05, 4.69) is 60.9 Å². The summed E-state index contributed by atoms with van der Waals surface area (Å²) in [4.78, 5) is 4.18. The standard InChI is InChI=1S/C12H12N2/c1-13-8-14(2)12-10(11(12)13)9-6-4-3-5-7-9/h3-7,10H,1-2H3. The number of likely N-dealkylation sites (N-methyl/N-ethyl adjacent to an activating group) is 2. The van der Waals surface area contributed by atoms with Crippen molar-refractivity contribution in [1.82, 2.24) is 9.80 Å². The minimum atomic E-state index is 0.521. The van der Waals surface area contributed by atoms with Gasteiger partial charge in [0, 0.05) is 25.5 Å². The monoisotopic (exact) mass is 184 g/mol. The Balaban J connectivity index is 1.88. The fourth-order valence-electron chi connectivity index (χ4n) is 2.22. The molecule has 1 aliphatic heterocycles. The molecule has 0 bridgehead atoms. The average Bonchev–Trinajstić information content (AvgIpc) is 2.87. The predicted octanol–water partition coefficient (Wildman–Crippen LogP) is 1.87. The van der Waals surface area contributed by atoms with E-state index in [9.17, 15) is 0 Å². The maximum Gasteiger partial charge on any atom is 0.207 e. The molecule has 1 aromatic carbocycles. The second-order valence-corrected chi connectivity index (χ2v) is 3.83. The molecule has 1 heterocycles. The van der Waals surface area contributed by atoms with Crippen molar-refractivity contribution in [2.75, 3.05) is 14.1 Å². The van der Waals surface area contributed by atoms with Crippen LogP contribution in [0.2, 0.25) is 0 Å². The van der Waals surface area contributed by atoms with Gasteiger partial charge in [-0.2, -0.15) is 0 Å². The topological polar surface area (TPSA) is 6.48 Å². The molecular formula is C12H12N2. The molecule has 2 nitrogen and oxygen atoms in total. The number of hydrogen-bond acceptors (Lipinski definition) is 2. The number of benzene rings is 1. The van der Waals surface area contributed by atoms with Crippen LogP contribution in [0.25, 0.3) is 0 Å². The SMILES string of the molecule is CN1[C]N(C)C2=C1C2c1ccccc1. The lowest BCUT2D eigenvalue weighted by Gasteiger charge is -2.21. The van der Waals surface area contributed by atoms with Crippen LogP contribution >= 0.6 is 0 Å². The Bertz CT molecular complexity index is 376. The molecule has 0 saturated heterocycles. The Morgan fingerprint density at radius 1 is 1.00 bits per heavy atom. The van der Waals surface area contributed by atoms with Gasteiger partial charge in [0.25, 0.3) is 0 Å². The van der Waals surface area contributed by atoms with Crippen molar-refractivity contribution >= 4 is 0 Å². The minimum absolute atomic E-state index is 0.521. The van der Waals surface area contributed by atoms with Gasteiger partial charge in [-0.05, 0) is 5.56 Å². The summed E-state index contributed by atoms with van der Waals surface area (Å²) in [6.45, 7) is 3.21. The van der Waals surface area contributed by atoms with Crippen molar-refractivity contribution in [1.29, 1.82) is 0 Å². The van der Waals surface area contributed by atoms with Gasteiger partial charge in [0.05, 0.1) is 5.92 Å². The van der Waals surface area contributed by atoms with Crippen molar-refractivity contribution in [3.63, 3.8) is 0 Å². The van der Waals surface area contributed by atoms with E-state index in [1.54, 1.807) is 0 Å². The van der Waals surface area contributed by atoms with Gasteiger partial charge in [-0.15, -0.1) is 0 Å². The van der Waals surface area contributed by atoms with Gasteiger partial charge < -0.3 is 9.80 Å². The summed E-state index contributed by atoms with van der Waals surface area (Å²) < 4.78 is 0. The second kappa shape index (κ2) is 2.53. The highest BCUT2D eigenvalue weighted by Crippen LogP contribution is 2.55. The Morgan fingerprint density at radius 3 is 2.14 bits per heavy atom. The Morgan fingerprint density at radius 2 is 1.57 bits per heavy atom. The number of hydrogen-bond donors (Lipinski definition) is 0. The molecule has 1 aliphatic carbocycles. The smallest absolute Gasteiger partial charge is 0.207 e. The highest BCUT2D eigenvalue weighted by Gasteiger charge is 2.48. The van der Waals surface area contributed by atoms with Crippen molar-refractivity contribution in [2.24, 2.45) is 0 Å². The highest BCUT2D eigenvalue weighted by molar-refractivity contribution is 5.55. The van der Waals surface area contributed by atoms with Crippen LogP contribution in [0.15, 0.2) is 41.7 Å². The maximum absolute atomic E-state index is 3.21. The molecule has 70 valence electrons. The minimum Gasteiger partial charge on any atom is -0.345 e. The van der Waals surface area contributed by atoms with Crippen LogP contribution in [0.5, 0.6) is 0 Å². The van der Waals surface area contributed by atoms with Crippen LogP contribution in [0.4, 0.5) is 0 Å². The molecule has 0 unspecified atom stereocenters. The lowest BCUT2D eigenvalue weighted by atomic mass is 10.1. The molecule has 0 amide bonds. The number of nitrogens with zero attached hydrogens (tertiary/aromatic N) is 2. The lowest BCUT2D eigenvalue weighted by Crippen LogP contribution is -2.21. The zero-order valence-corrected chi connectivity index (χ0v) is 8.36. The van der Waals surface area contributed by atoms with E-state index >= 15 is 0 Å². The van der Waals surface area contributed by atoms with Crippen LogP contribution in [0.1, 0.15) is 11.5 Å². The van der Waals surface area contributed by atoms with E-state index in [1.165, 1.54) is 17.0 Å². The predicted molar refractivity (Wildman–Crippen MR) is 55.0 cm³/mol. The fraction of sp³-hybridized carbons (Fsp3) is 0.250. The van der Waals surface area contributed by atoms with E-state index in [4.69, 9.17) is 0 Å². The fourth-order valence-corrected chi connectivity index (χ4v) is 2.22. The van der Waals surface area contributed by atoms with E-state index in [-0.39, 0.29) is 0 Å². The third kappa shape index (κ3) is 0.910. The molecular weight excluding hydrogens is 172 g/mol. The Hall–Kier alpha value is -1.44. The molecule has 1 aromatic rings. The Kier molecular flexibility index (Phi) is 1.43. The van der Waals surface area contributed by atoms with E-state index in [0.29, 0.717) is 5.92 Å². The van der Waals surface area contributed by atoms with Gasteiger partial charge >= 0.3 is 0 Å². The van der Waals surface area contributed by atoms with Gasteiger partial charge in [0.15, 0.2) is 0 Å². The van der Waals surface area contributed by atoms with Gasteiger partial charge in [0.1, 0.15) is 0 Å². The normalized spacial score (nSPS) is 20.4. The summed E-state index contributed by atoms with van der Waals surface area (Å²) in [5.74, 6) is 0.521. The summed E-state index contributed by atoms with van der Waals surface area (Å²) in [6.07, 6.45) is 0. The van der Waals surface area contributed by atoms with Crippen molar-refractivity contribution < 1.29 is 0 Å². The van der Waals surface area contributed by atoms with Gasteiger partial charge in [-0.1, -0.05) is 30.3 Å². The molecule has 2 heteroatoms. The second-order valence-electron chi connectivity index (χ2n) is 3.83. The third-order valence-corrected chi connectivity index (χ3v) is 2.88. The number of allylic oxidation sites excluding steroid dienone is 2. The first-order chi connectivity index (χ1) is 6.79. The number of rotatable bonds is 1. The maximum atomic E-state index is 3.21.